The quantitative estimate of drug-likeness (QED) is 0.122. The maximum absolute atomic E-state index is 15.1. The van der Waals surface area contributed by atoms with E-state index in [1.807, 2.05) is 36.4 Å². The summed E-state index contributed by atoms with van der Waals surface area (Å²) >= 11 is 0. The Hall–Kier alpha value is -3.63. The van der Waals surface area contributed by atoms with Crippen molar-refractivity contribution in [2.75, 3.05) is 0 Å². The van der Waals surface area contributed by atoms with E-state index in [-0.39, 0.29) is 5.82 Å². The van der Waals surface area contributed by atoms with Gasteiger partial charge in [0, 0.05) is 10.9 Å². The summed E-state index contributed by atoms with van der Waals surface area (Å²) in [6.07, 6.45) is 11.4. The molecule has 0 saturated heterocycles. The first-order valence-corrected chi connectivity index (χ1v) is 13.2. The van der Waals surface area contributed by atoms with Gasteiger partial charge in [-0.3, -0.25) is 0 Å². The van der Waals surface area contributed by atoms with Crippen molar-refractivity contribution in [2.24, 2.45) is 0 Å². The summed E-state index contributed by atoms with van der Waals surface area (Å²) in [4.78, 5) is 0. The first-order chi connectivity index (χ1) is 17.7. The third-order valence-electron chi connectivity index (χ3n) is 6.74. The molecule has 0 radical (unpaired) electrons. The SMILES string of the molecule is C=CCCc1ccc2c(F)c(C#Cc3ccc(-c4ccc(CCCCCCC)cc4)cc3)ccc2c1. The summed E-state index contributed by atoms with van der Waals surface area (Å²) < 4.78 is 15.1. The lowest BCUT2D eigenvalue weighted by atomic mass is 10.00. The van der Waals surface area contributed by atoms with E-state index in [4.69, 9.17) is 0 Å². The van der Waals surface area contributed by atoms with Gasteiger partial charge in [-0.15, -0.1) is 6.58 Å². The van der Waals surface area contributed by atoms with Gasteiger partial charge in [-0.25, -0.2) is 4.39 Å². The molecular formula is C35H35F. The van der Waals surface area contributed by atoms with E-state index in [1.54, 1.807) is 6.07 Å². The monoisotopic (exact) mass is 474 g/mol. The second-order valence-corrected chi connectivity index (χ2v) is 9.50. The number of hydrogen-bond donors (Lipinski definition) is 0. The van der Waals surface area contributed by atoms with Crippen molar-refractivity contribution >= 4 is 10.8 Å². The molecular weight excluding hydrogens is 439 g/mol. The molecule has 4 aromatic carbocycles. The zero-order valence-electron chi connectivity index (χ0n) is 21.3. The maximum Gasteiger partial charge on any atom is 0.146 e. The van der Waals surface area contributed by atoms with Gasteiger partial charge in [0.25, 0.3) is 0 Å². The highest BCUT2D eigenvalue weighted by Gasteiger charge is 2.06. The van der Waals surface area contributed by atoms with Crippen LogP contribution in [0.25, 0.3) is 21.9 Å². The molecule has 0 amide bonds. The number of hydrogen-bond acceptors (Lipinski definition) is 0. The second kappa shape index (κ2) is 12.9. The van der Waals surface area contributed by atoms with E-state index >= 15 is 4.39 Å². The first-order valence-electron chi connectivity index (χ1n) is 13.2. The van der Waals surface area contributed by atoms with E-state index < -0.39 is 0 Å². The van der Waals surface area contributed by atoms with Crippen LogP contribution >= 0.6 is 0 Å². The van der Waals surface area contributed by atoms with Crippen molar-refractivity contribution in [1.82, 2.24) is 0 Å². The predicted molar refractivity (Wildman–Crippen MR) is 153 cm³/mol. The highest BCUT2D eigenvalue weighted by molar-refractivity contribution is 5.85. The Morgan fingerprint density at radius 3 is 2.14 bits per heavy atom. The molecule has 0 aliphatic heterocycles. The zero-order valence-corrected chi connectivity index (χ0v) is 21.3. The van der Waals surface area contributed by atoms with Gasteiger partial charge in [0.05, 0.1) is 5.56 Å². The van der Waals surface area contributed by atoms with Gasteiger partial charge in [-0.2, -0.15) is 0 Å². The number of halogens is 1. The van der Waals surface area contributed by atoms with E-state index in [2.05, 4.69) is 67.8 Å². The summed E-state index contributed by atoms with van der Waals surface area (Å²) in [5.74, 6) is 5.91. The van der Waals surface area contributed by atoms with Gasteiger partial charge >= 0.3 is 0 Å². The molecule has 0 N–H and O–H groups in total. The highest BCUT2D eigenvalue weighted by atomic mass is 19.1. The van der Waals surface area contributed by atoms with Gasteiger partial charge in [0.15, 0.2) is 0 Å². The van der Waals surface area contributed by atoms with Crippen LogP contribution in [0.2, 0.25) is 0 Å². The molecule has 0 bridgehead atoms. The van der Waals surface area contributed by atoms with Crippen LogP contribution in [0.1, 0.15) is 67.7 Å². The summed E-state index contributed by atoms with van der Waals surface area (Å²) in [7, 11) is 0. The molecule has 0 fully saturated rings. The number of fused-ring (bicyclic) bond motifs is 1. The first kappa shape index (κ1) is 25.5. The zero-order chi connectivity index (χ0) is 25.2. The summed E-state index contributed by atoms with van der Waals surface area (Å²) in [5, 5.41) is 1.52. The van der Waals surface area contributed by atoms with Crippen LogP contribution in [-0.4, -0.2) is 0 Å². The van der Waals surface area contributed by atoms with Crippen molar-refractivity contribution in [2.45, 2.75) is 58.3 Å². The van der Waals surface area contributed by atoms with E-state index in [1.165, 1.54) is 54.4 Å². The van der Waals surface area contributed by atoms with Crippen LogP contribution in [-0.2, 0) is 12.8 Å². The molecule has 1 heteroatoms. The van der Waals surface area contributed by atoms with Gasteiger partial charge in [-0.05, 0) is 71.5 Å². The van der Waals surface area contributed by atoms with Crippen molar-refractivity contribution in [3.05, 3.63) is 120 Å². The number of aryl methyl sites for hydroxylation is 2. The molecule has 0 aliphatic rings. The summed E-state index contributed by atoms with van der Waals surface area (Å²) in [5.41, 5.74) is 6.27. The Labute approximate surface area is 215 Å². The molecule has 4 rings (SSSR count). The molecule has 0 saturated carbocycles. The Morgan fingerprint density at radius 2 is 1.42 bits per heavy atom. The molecule has 0 nitrogen and oxygen atoms in total. The Bertz CT molecular complexity index is 1350. The minimum absolute atomic E-state index is 0.252. The third kappa shape index (κ3) is 6.73. The second-order valence-electron chi connectivity index (χ2n) is 9.50. The fourth-order valence-corrected chi connectivity index (χ4v) is 4.54. The topological polar surface area (TPSA) is 0 Å². The smallest absolute Gasteiger partial charge is 0.146 e. The van der Waals surface area contributed by atoms with Gasteiger partial charge in [0.2, 0.25) is 0 Å². The molecule has 0 aliphatic carbocycles. The van der Waals surface area contributed by atoms with Crippen molar-refractivity contribution in [1.29, 1.82) is 0 Å². The Kier molecular flexibility index (Phi) is 9.12. The Morgan fingerprint density at radius 1 is 0.722 bits per heavy atom. The molecule has 36 heavy (non-hydrogen) atoms. The number of unbranched alkanes of at least 4 members (excludes halogenated alkanes) is 4. The number of rotatable bonds is 10. The highest BCUT2D eigenvalue weighted by Crippen LogP contribution is 2.24. The van der Waals surface area contributed by atoms with Crippen LogP contribution in [0, 0.1) is 17.7 Å². The molecule has 0 unspecified atom stereocenters. The van der Waals surface area contributed by atoms with Crippen LogP contribution in [0.15, 0.2) is 91.5 Å². The fraction of sp³-hybridized carbons (Fsp3) is 0.257. The van der Waals surface area contributed by atoms with E-state index in [9.17, 15) is 0 Å². The molecule has 0 atom stereocenters. The van der Waals surface area contributed by atoms with Gasteiger partial charge in [0.1, 0.15) is 5.82 Å². The summed E-state index contributed by atoms with van der Waals surface area (Å²) in [6, 6.07) is 26.7. The maximum atomic E-state index is 15.1. The Balaban J connectivity index is 1.41. The third-order valence-corrected chi connectivity index (χ3v) is 6.74. The van der Waals surface area contributed by atoms with Crippen LogP contribution in [0.4, 0.5) is 4.39 Å². The van der Waals surface area contributed by atoms with E-state index in [0.29, 0.717) is 10.9 Å². The normalized spacial score (nSPS) is 10.7. The molecule has 0 heterocycles. The average molecular weight is 475 g/mol. The van der Waals surface area contributed by atoms with E-state index in [0.717, 1.165) is 30.2 Å². The summed E-state index contributed by atoms with van der Waals surface area (Å²) in [6.45, 7) is 6.03. The lowest BCUT2D eigenvalue weighted by molar-refractivity contribution is 0.632. The average Bonchev–Trinajstić information content (AvgIpc) is 2.92. The molecule has 182 valence electrons. The predicted octanol–water partition coefficient (Wildman–Crippen LogP) is 9.68. The lowest BCUT2D eigenvalue weighted by Gasteiger charge is -2.06. The number of benzene rings is 4. The van der Waals surface area contributed by atoms with Crippen molar-refractivity contribution in [3.63, 3.8) is 0 Å². The fourth-order valence-electron chi connectivity index (χ4n) is 4.54. The largest absolute Gasteiger partial charge is 0.205 e. The lowest BCUT2D eigenvalue weighted by Crippen LogP contribution is -1.89. The van der Waals surface area contributed by atoms with Crippen LogP contribution in [0.5, 0.6) is 0 Å². The van der Waals surface area contributed by atoms with Crippen molar-refractivity contribution in [3.8, 4) is 23.0 Å². The minimum Gasteiger partial charge on any atom is -0.205 e. The molecule has 4 aromatic rings. The molecule has 0 spiro atoms. The van der Waals surface area contributed by atoms with Gasteiger partial charge in [-0.1, -0.05) is 111 Å². The molecule has 0 aromatic heterocycles. The standard InChI is InChI=1S/C35H35F/c1-3-5-7-8-9-11-27-12-18-30(19-13-27)31-20-14-28(15-21-31)16-22-32-23-24-33-26-29(10-6-4-2)17-25-34(33)35(32)36/h4,12-15,17-21,23-26H,2-3,5-11H2,1H3. The van der Waals surface area contributed by atoms with Crippen LogP contribution < -0.4 is 0 Å². The minimum atomic E-state index is -0.252. The van der Waals surface area contributed by atoms with Crippen LogP contribution in [0.3, 0.4) is 0 Å². The van der Waals surface area contributed by atoms with Crippen molar-refractivity contribution < 1.29 is 4.39 Å². The van der Waals surface area contributed by atoms with Gasteiger partial charge < -0.3 is 0 Å². The number of allylic oxidation sites excluding steroid dienone is 1.